The number of nitrogens with two attached hydrogens (primary N) is 1. The second-order valence-electron chi connectivity index (χ2n) is 3.60. The zero-order chi connectivity index (χ0) is 14.8. The van der Waals surface area contributed by atoms with E-state index in [4.69, 9.17) is 15.3 Å². The Morgan fingerprint density at radius 2 is 1.61 bits per heavy atom. The monoisotopic (exact) mass is 260 g/mol. The molecule has 0 aromatic rings. The molecule has 0 aliphatic rings. The van der Waals surface area contributed by atoms with Crippen LogP contribution in [0.25, 0.3) is 0 Å². The maximum absolute atomic E-state index is 11.1. The second kappa shape index (κ2) is 9.34. The first kappa shape index (κ1) is 18.7. The van der Waals surface area contributed by atoms with Crippen LogP contribution >= 0.6 is 0 Å². The number of carbonyl (C=O) groups is 2. The first-order valence-corrected chi connectivity index (χ1v) is 5.01. The summed E-state index contributed by atoms with van der Waals surface area (Å²) in [4.78, 5) is 20.6. The van der Waals surface area contributed by atoms with Gasteiger partial charge in [-0.2, -0.15) is 0 Å². The van der Waals surface area contributed by atoms with Crippen LogP contribution in [0, 0.1) is 0 Å². The first-order chi connectivity index (χ1) is 8.28. The summed E-state index contributed by atoms with van der Waals surface area (Å²) in [5, 5.41) is 28.8. The maximum atomic E-state index is 11.1. The Hall–Kier alpha value is -1.70. The molecule has 0 aliphatic carbocycles. The molecule has 0 heterocycles. The summed E-state index contributed by atoms with van der Waals surface area (Å²) in [6.45, 7) is 6.38. The molecule has 0 aromatic heterocycles. The number of carbonyl (C=O) groups excluding carboxylic acids is 2. The van der Waals surface area contributed by atoms with Gasteiger partial charge >= 0.3 is 0 Å². The molecule has 0 saturated heterocycles. The van der Waals surface area contributed by atoms with Crippen LogP contribution < -0.4 is 11.1 Å². The van der Waals surface area contributed by atoms with Crippen molar-refractivity contribution < 1.29 is 24.9 Å². The summed E-state index contributed by atoms with van der Waals surface area (Å²) in [6.07, 6.45) is 1.06. The van der Waals surface area contributed by atoms with Gasteiger partial charge in [-0.25, -0.2) is 0 Å². The van der Waals surface area contributed by atoms with E-state index in [2.05, 4.69) is 24.2 Å². The van der Waals surface area contributed by atoms with Crippen molar-refractivity contribution in [1.82, 2.24) is 5.32 Å². The van der Waals surface area contributed by atoms with Crippen LogP contribution in [0.1, 0.15) is 6.92 Å². The number of primary amides is 1. The summed E-state index contributed by atoms with van der Waals surface area (Å²) >= 11 is 0. The molecule has 0 radical (unpaired) electrons. The SMILES string of the molecule is C=C(C)C(=O)NC(CO)(CO)CO.C=CC(N)=O. The van der Waals surface area contributed by atoms with E-state index < -0.39 is 37.2 Å². The third-order valence-corrected chi connectivity index (χ3v) is 1.88. The van der Waals surface area contributed by atoms with E-state index in [9.17, 15) is 9.59 Å². The Morgan fingerprint density at radius 1 is 1.28 bits per heavy atom. The molecule has 2 amide bonds. The minimum atomic E-state index is -1.37. The zero-order valence-electron chi connectivity index (χ0n) is 10.3. The minimum Gasteiger partial charge on any atom is -0.394 e. The smallest absolute Gasteiger partial charge is 0.246 e. The topological polar surface area (TPSA) is 133 Å². The van der Waals surface area contributed by atoms with Crippen LogP contribution in [-0.4, -0.2) is 52.5 Å². The van der Waals surface area contributed by atoms with Gasteiger partial charge in [0.2, 0.25) is 11.8 Å². The molecule has 0 unspecified atom stereocenters. The Morgan fingerprint density at radius 3 is 1.78 bits per heavy atom. The standard InChI is InChI=1S/C8H15NO4.C3H5NO/c1-6(2)7(13)9-8(3-10,4-11)5-12;1-2-3(4)5/h10-12H,1,3-5H2,2H3,(H,9,13);2H,1H2,(H2,4,5). The van der Waals surface area contributed by atoms with Gasteiger partial charge < -0.3 is 26.4 Å². The molecule has 0 saturated carbocycles. The van der Waals surface area contributed by atoms with Crippen LogP contribution in [0.3, 0.4) is 0 Å². The van der Waals surface area contributed by atoms with Gasteiger partial charge in [0, 0.05) is 5.57 Å². The van der Waals surface area contributed by atoms with Gasteiger partial charge in [0.1, 0.15) is 5.54 Å². The lowest BCUT2D eigenvalue weighted by atomic mass is 10.0. The first-order valence-electron chi connectivity index (χ1n) is 5.01. The molecule has 0 aliphatic heterocycles. The van der Waals surface area contributed by atoms with Crippen LogP contribution in [0.2, 0.25) is 0 Å². The second-order valence-corrected chi connectivity index (χ2v) is 3.60. The van der Waals surface area contributed by atoms with Gasteiger partial charge in [-0.3, -0.25) is 9.59 Å². The molecule has 6 N–H and O–H groups in total. The summed E-state index contributed by atoms with van der Waals surface area (Å²) in [6, 6.07) is 0. The average molecular weight is 260 g/mol. The van der Waals surface area contributed by atoms with E-state index in [1.54, 1.807) is 0 Å². The molecule has 0 atom stereocenters. The summed E-state index contributed by atoms with van der Waals surface area (Å²) in [7, 11) is 0. The van der Waals surface area contributed by atoms with E-state index >= 15 is 0 Å². The Labute approximate surface area is 106 Å². The van der Waals surface area contributed by atoms with Crippen molar-refractivity contribution >= 4 is 11.8 Å². The molecule has 0 rings (SSSR count). The van der Waals surface area contributed by atoms with Crippen molar-refractivity contribution in [1.29, 1.82) is 0 Å². The summed E-state index contributed by atoms with van der Waals surface area (Å²) in [5.41, 5.74) is 3.42. The van der Waals surface area contributed by atoms with E-state index in [0.717, 1.165) is 6.08 Å². The highest BCUT2D eigenvalue weighted by Gasteiger charge is 2.29. The van der Waals surface area contributed by atoms with Crippen LogP contribution in [0.15, 0.2) is 24.8 Å². The normalized spacial score (nSPS) is 9.78. The number of aliphatic hydroxyl groups excluding tert-OH is 3. The number of amides is 2. The van der Waals surface area contributed by atoms with Gasteiger partial charge in [-0.15, -0.1) is 0 Å². The number of rotatable bonds is 6. The number of nitrogens with one attached hydrogen (secondary N) is 1. The highest BCUT2D eigenvalue weighted by Crippen LogP contribution is 2.02. The fourth-order valence-corrected chi connectivity index (χ4v) is 0.616. The van der Waals surface area contributed by atoms with E-state index in [0.29, 0.717) is 0 Å². The van der Waals surface area contributed by atoms with Crippen LogP contribution in [-0.2, 0) is 9.59 Å². The number of hydrogen-bond donors (Lipinski definition) is 5. The molecular weight excluding hydrogens is 240 g/mol. The molecule has 18 heavy (non-hydrogen) atoms. The molecular formula is C11H20N2O5. The van der Waals surface area contributed by atoms with Gasteiger partial charge in [-0.05, 0) is 13.0 Å². The van der Waals surface area contributed by atoms with Crippen molar-refractivity contribution in [3.63, 3.8) is 0 Å². The largest absolute Gasteiger partial charge is 0.394 e. The highest BCUT2D eigenvalue weighted by atomic mass is 16.3. The van der Waals surface area contributed by atoms with E-state index in [1.165, 1.54) is 6.92 Å². The summed E-state index contributed by atoms with van der Waals surface area (Å²) < 4.78 is 0. The quantitative estimate of drug-likeness (QED) is 0.354. The fraction of sp³-hybridized carbons (Fsp3) is 0.455. The lowest BCUT2D eigenvalue weighted by Crippen LogP contribution is -2.57. The Kier molecular flexibility index (Phi) is 9.68. The summed E-state index contributed by atoms with van der Waals surface area (Å²) in [5.74, 6) is -0.984. The molecule has 0 fully saturated rings. The molecule has 7 heteroatoms. The Balaban J connectivity index is 0. The van der Waals surface area contributed by atoms with E-state index in [-0.39, 0.29) is 5.57 Å². The predicted molar refractivity (Wildman–Crippen MR) is 66.3 cm³/mol. The van der Waals surface area contributed by atoms with Gasteiger partial charge in [-0.1, -0.05) is 13.2 Å². The van der Waals surface area contributed by atoms with Crippen molar-refractivity contribution in [2.45, 2.75) is 12.5 Å². The van der Waals surface area contributed by atoms with Crippen molar-refractivity contribution in [3.05, 3.63) is 24.8 Å². The van der Waals surface area contributed by atoms with E-state index in [1.807, 2.05) is 0 Å². The molecule has 0 bridgehead atoms. The lowest BCUT2D eigenvalue weighted by molar-refractivity contribution is -0.121. The molecule has 0 spiro atoms. The average Bonchev–Trinajstić information content (AvgIpc) is 2.36. The van der Waals surface area contributed by atoms with Crippen molar-refractivity contribution in [2.75, 3.05) is 19.8 Å². The molecule has 0 aromatic carbocycles. The van der Waals surface area contributed by atoms with Gasteiger partial charge in [0.15, 0.2) is 0 Å². The number of aliphatic hydroxyl groups is 3. The minimum absolute atomic E-state index is 0.250. The van der Waals surface area contributed by atoms with Crippen molar-refractivity contribution in [3.8, 4) is 0 Å². The highest BCUT2D eigenvalue weighted by molar-refractivity contribution is 5.92. The third-order valence-electron chi connectivity index (χ3n) is 1.88. The lowest BCUT2D eigenvalue weighted by Gasteiger charge is -2.28. The fourth-order valence-electron chi connectivity index (χ4n) is 0.616. The van der Waals surface area contributed by atoms with Crippen molar-refractivity contribution in [2.24, 2.45) is 5.73 Å². The van der Waals surface area contributed by atoms with Gasteiger partial charge in [0.05, 0.1) is 19.8 Å². The number of hydrogen-bond acceptors (Lipinski definition) is 5. The molecule has 7 nitrogen and oxygen atoms in total. The van der Waals surface area contributed by atoms with Gasteiger partial charge in [0.25, 0.3) is 0 Å². The molecule has 104 valence electrons. The van der Waals surface area contributed by atoms with Crippen LogP contribution in [0.4, 0.5) is 0 Å². The third kappa shape index (κ3) is 7.55. The Bertz CT molecular complexity index is 302. The predicted octanol–water partition coefficient (Wildman–Crippen LogP) is -1.95. The zero-order valence-corrected chi connectivity index (χ0v) is 10.3. The van der Waals surface area contributed by atoms with Crippen LogP contribution in [0.5, 0.6) is 0 Å². The maximum Gasteiger partial charge on any atom is 0.246 e.